The Morgan fingerprint density at radius 1 is 1.33 bits per heavy atom. The quantitative estimate of drug-likeness (QED) is 0.870. The lowest BCUT2D eigenvalue weighted by molar-refractivity contribution is 0.199. The van der Waals surface area contributed by atoms with Crippen molar-refractivity contribution in [3.05, 3.63) is 29.1 Å². The van der Waals surface area contributed by atoms with Crippen LogP contribution in [-0.4, -0.2) is 18.2 Å². The van der Waals surface area contributed by atoms with Crippen LogP contribution in [0.5, 0.6) is 0 Å². The van der Waals surface area contributed by atoms with Gasteiger partial charge < -0.3 is 10.0 Å². The van der Waals surface area contributed by atoms with Crippen LogP contribution in [-0.2, 0) is 0 Å². The van der Waals surface area contributed by atoms with Crippen molar-refractivity contribution in [3.63, 3.8) is 0 Å². The fourth-order valence-electron chi connectivity index (χ4n) is 2.54. The number of aryl methyl sites for hydroxylation is 1. The molecule has 0 aliphatic carbocycles. The predicted molar refractivity (Wildman–Crippen MR) is 72.4 cm³/mol. The highest BCUT2D eigenvalue weighted by atomic mass is 19.1. The summed E-state index contributed by atoms with van der Waals surface area (Å²) in [4.78, 5) is 2.27. The SMILES string of the molecule is Cc1cc(N2CCC(C)CC2)c([C@H](C)O)cc1F. The van der Waals surface area contributed by atoms with Gasteiger partial charge in [0.25, 0.3) is 0 Å². The first-order valence-corrected chi connectivity index (χ1v) is 6.72. The minimum Gasteiger partial charge on any atom is -0.389 e. The summed E-state index contributed by atoms with van der Waals surface area (Å²) in [6.45, 7) is 7.72. The smallest absolute Gasteiger partial charge is 0.126 e. The number of rotatable bonds is 2. The van der Waals surface area contributed by atoms with E-state index in [0.717, 1.165) is 37.5 Å². The molecule has 0 aromatic heterocycles. The Bertz CT molecular complexity index is 423. The number of anilines is 1. The Kier molecular flexibility index (Phi) is 3.91. The normalized spacial score (nSPS) is 19.1. The van der Waals surface area contributed by atoms with Crippen LogP contribution in [0.15, 0.2) is 12.1 Å². The van der Waals surface area contributed by atoms with Crippen LogP contribution in [0, 0.1) is 18.7 Å². The van der Waals surface area contributed by atoms with Crippen molar-refractivity contribution in [1.82, 2.24) is 0 Å². The number of piperidine rings is 1. The van der Waals surface area contributed by atoms with Crippen molar-refractivity contribution >= 4 is 5.69 Å². The topological polar surface area (TPSA) is 23.5 Å². The van der Waals surface area contributed by atoms with Gasteiger partial charge in [-0.05, 0) is 50.3 Å². The molecule has 1 atom stereocenters. The molecule has 3 heteroatoms. The van der Waals surface area contributed by atoms with E-state index in [1.807, 2.05) is 6.07 Å². The Balaban J connectivity index is 2.33. The standard InChI is InChI=1S/C15H22FNO/c1-10-4-6-17(7-5-10)15-8-11(2)14(16)9-13(15)12(3)18/h8-10,12,18H,4-7H2,1-3H3/t12-/m0/s1. The van der Waals surface area contributed by atoms with Gasteiger partial charge in [-0.1, -0.05) is 6.92 Å². The van der Waals surface area contributed by atoms with Crippen LogP contribution in [0.2, 0.25) is 0 Å². The summed E-state index contributed by atoms with van der Waals surface area (Å²) in [5.41, 5.74) is 2.34. The molecule has 0 spiro atoms. The van der Waals surface area contributed by atoms with Gasteiger partial charge in [0.1, 0.15) is 5.82 Å². The highest BCUT2D eigenvalue weighted by Crippen LogP contribution is 2.32. The first kappa shape index (κ1) is 13.3. The number of nitrogens with zero attached hydrogens (tertiary/aromatic N) is 1. The number of hydrogen-bond donors (Lipinski definition) is 1. The Morgan fingerprint density at radius 3 is 2.50 bits per heavy atom. The van der Waals surface area contributed by atoms with Crippen molar-refractivity contribution in [2.24, 2.45) is 5.92 Å². The zero-order chi connectivity index (χ0) is 13.3. The molecule has 1 aromatic rings. The zero-order valence-corrected chi connectivity index (χ0v) is 11.4. The Labute approximate surface area is 108 Å². The zero-order valence-electron chi connectivity index (χ0n) is 11.4. The summed E-state index contributed by atoms with van der Waals surface area (Å²) in [6, 6.07) is 3.35. The van der Waals surface area contributed by atoms with Crippen LogP contribution in [0.4, 0.5) is 10.1 Å². The van der Waals surface area contributed by atoms with E-state index in [2.05, 4.69) is 11.8 Å². The van der Waals surface area contributed by atoms with Gasteiger partial charge in [-0.25, -0.2) is 4.39 Å². The first-order chi connectivity index (χ1) is 8.49. The molecule has 1 aliphatic heterocycles. The maximum atomic E-state index is 13.6. The molecule has 0 radical (unpaired) electrons. The molecule has 1 saturated heterocycles. The number of benzene rings is 1. The lowest BCUT2D eigenvalue weighted by Crippen LogP contribution is -2.33. The van der Waals surface area contributed by atoms with E-state index in [1.165, 1.54) is 6.07 Å². The fourth-order valence-corrected chi connectivity index (χ4v) is 2.54. The monoisotopic (exact) mass is 251 g/mol. The molecular formula is C15H22FNO. The maximum Gasteiger partial charge on any atom is 0.126 e. The molecule has 2 nitrogen and oxygen atoms in total. The summed E-state index contributed by atoms with van der Waals surface area (Å²) < 4.78 is 13.6. The molecule has 1 N–H and O–H groups in total. The molecule has 1 fully saturated rings. The van der Waals surface area contributed by atoms with Crippen LogP contribution in [0.3, 0.4) is 0 Å². The molecule has 0 unspecified atom stereocenters. The van der Waals surface area contributed by atoms with E-state index < -0.39 is 6.10 Å². The number of hydrogen-bond acceptors (Lipinski definition) is 2. The van der Waals surface area contributed by atoms with Gasteiger partial charge in [0.05, 0.1) is 6.10 Å². The molecule has 18 heavy (non-hydrogen) atoms. The van der Waals surface area contributed by atoms with Gasteiger partial charge in [0.2, 0.25) is 0 Å². The first-order valence-electron chi connectivity index (χ1n) is 6.72. The van der Waals surface area contributed by atoms with Crippen molar-refractivity contribution in [1.29, 1.82) is 0 Å². The predicted octanol–water partition coefficient (Wildman–Crippen LogP) is 3.42. The van der Waals surface area contributed by atoms with E-state index in [4.69, 9.17) is 0 Å². The average Bonchev–Trinajstić information content (AvgIpc) is 2.33. The molecule has 100 valence electrons. The van der Waals surface area contributed by atoms with Crippen LogP contribution < -0.4 is 4.90 Å². The molecule has 0 saturated carbocycles. The summed E-state index contributed by atoms with van der Waals surface area (Å²) in [5, 5.41) is 9.81. The van der Waals surface area contributed by atoms with Gasteiger partial charge in [-0.3, -0.25) is 0 Å². The van der Waals surface area contributed by atoms with Crippen molar-refractivity contribution in [2.75, 3.05) is 18.0 Å². The molecule has 1 aromatic carbocycles. The summed E-state index contributed by atoms with van der Waals surface area (Å²) in [5.74, 6) is 0.526. The van der Waals surface area contributed by atoms with E-state index in [-0.39, 0.29) is 5.82 Å². The molecule has 1 aliphatic rings. The van der Waals surface area contributed by atoms with Crippen molar-refractivity contribution in [2.45, 2.75) is 39.7 Å². The molecule has 0 bridgehead atoms. The molecular weight excluding hydrogens is 229 g/mol. The fraction of sp³-hybridized carbons (Fsp3) is 0.600. The lowest BCUT2D eigenvalue weighted by Gasteiger charge is -2.34. The van der Waals surface area contributed by atoms with Gasteiger partial charge in [0, 0.05) is 24.3 Å². The van der Waals surface area contributed by atoms with E-state index >= 15 is 0 Å². The third-order valence-corrected chi connectivity index (χ3v) is 3.88. The van der Waals surface area contributed by atoms with Crippen molar-refractivity contribution < 1.29 is 9.50 Å². The van der Waals surface area contributed by atoms with E-state index in [0.29, 0.717) is 11.1 Å². The van der Waals surface area contributed by atoms with Crippen molar-refractivity contribution in [3.8, 4) is 0 Å². The largest absolute Gasteiger partial charge is 0.389 e. The number of aliphatic hydroxyl groups excluding tert-OH is 1. The number of halogens is 1. The maximum absolute atomic E-state index is 13.6. The summed E-state index contributed by atoms with van der Waals surface area (Å²) in [7, 11) is 0. The second kappa shape index (κ2) is 5.27. The highest BCUT2D eigenvalue weighted by Gasteiger charge is 2.21. The minimum atomic E-state index is -0.630. The molecule has 1 heterocycles. The second-order valence-corrected chi connectivity index (χ2v) is 5.51. The second-order valence-electron chi connectivity index (χ2n) is 5.51. The molecule has 2 rings (SSSR count). The minimum absolute atomic E-state index is 0.236. The number of aliphatic hydroxyl groups is 1. The van der Waals surface area contributed by atoms with Gasteiger partial charge in [-0.15, -0.1) is 0 Å². The summed E-state index contributed by atoms with van der Waals surface area (Å²) in [6.07, 6.45) is 1.69. The Hall–Kier alpha value is -1.09. The van der Waals surface area contributed by atoms with Crippen LogP contribution in [0.1, 0.15) is 43.9 Å². The van der Waals surface area contributed by atoms with Gasteiger partial charge >= 0.3 is 0 Å². The Morgan fingerprint density at radius 2 is 1.94 bits per heavy atom. The molecule has 0 amide bonds. The highest BCUT2D eigenvalue weighted by molar-refractivity contribution is 5.57. The van der Waals surface area contributed by atoms with Gasteiger partial charge in [0.15, 0.2) is 0 Å². The van der Waals surface area contributed by atoms with Crippen LogP contribution >= 0.6 is 0 Å². The third-order valence-electron chi connectivity index (χ3n) is 3.88. The third kappa shape index (κ3) is 2.66. The average molecular weight is 251 g/mol. The van der Waals surface area contributed by atoms with E-state index in [9.17, 15) is 9.50 Å². The summed E-state index contributed by atoms with van der Waals surface area (Å²) >= 11 is 0. The van der Waals surface area contributed by atoms with Crippen LogP contribution in [0.25, 0.3) is 0 Å². The lowest BCUT2D eigenvalue weighted by atomic mass is 9.96. The van der Waals surface area contributed by atoms with Gasteiger partial charge in [-0.2, -0.15) is 0 Å². The van der Waals surface area contributed by atoms with E-state index in [1.54, 1.807) is 13.8 Å².